The lowest BCUT2D eigenvalue weighted by atomic mass is 10.1. The zero-order chi connectivity index (χ0) is 15.4. The van der Waals surface area contributed by atoms with Crippen molar-refractivity contribution in [2.45, 2.75) is 0 Å². The number of ether oxygens (including phenoxy) is 1. The quantitative estimate of drug-likeness (QED) is 0.506. The number of ketones is 1. The number of methoxy groups -OCH3 is 1. The molecule has 0 fully saturated rings. The molecule has 2 aromatic rings. The zero-order valence-corrected chi connectivity index (χ0v) is 13.4. The van der Waals surface area contributed by atoms with Crippen LogP contribution in [0, 0.1) is 11.3 Å². The summed E-state index contributed by atoms with van der Waals surface area (Å²) in [7, 11) is 1.44. The molecular formula is C15H10BrNO3S. The minimum absolute atomic E-state index is 0.00252. The summed E-state index contributed by atoms with van der Waals surface area (Å²) < 4.78 is 5.60. The molecule has 0 radical (unpaired) electrons. The van der Waals surface area contributed by atoms with Gasteiger partial charge in [-0.05, 0) is 35.2 Å². The molecule has 6 heteroatoms. The number of allylic oxidation sites excluding steroid dienone is 1. The zero-order valence-electron chi connectivity index (χ0n) is 11.0. The summed E-state index contributed by atoms with van der Waals surface area (Å²) in [5.41, 5.74) is 0.525. The molecule has 0 saturated heterocycles. The molecule has 4 nitrogen and oxygen atoms in total. The maximum absolute atomic E-state index is 12.2. The molecule has 0 aliphatic carbocycles. The van der Waals surface area contributed by atoms with Gasteiger partial charge in [-0.15, -0.1) is 11.3 Å². The summed E-state index contributed by atoms with van der Waals surface area (Å²) in [5, 5.41) is 20.7. The average Bonchev–Trinajstić information content (AvgIpc) is 3.01. The van der Waals surface area contributed by atoms with Gasteiger partial charge in [-0.25, -0.2) is 0 Å². The van der Waals surface area contributed by atoms with Crippen LogP contribution in [-0.4, -0.2) is 18.0 Å². The van der Waals surface area contributed by atoms with Crippen molar-refractivity contribution in [3.8, 4) is 17.6 Å². The van der Waals surface area contributed by atoms with Crippen molar-refractivity contribution in [3.05, 3.63) is 50.1 Å². The summed E-state index contributed by atoms with van der Waals surface area (Å²) in [6, 6.07) is 8.32. The number of benzene rings is 1. The molecular weight excluding hydrogens is 354 g/mol. The Balaban J connectivity index is 2.44. The van der Waals surface area contributed by atoms with Gasteiger partial charge in [-0.1, -0.05) is 22.0 Å². The van der Waals surface area contributed by atoms with E-state index in [4.69, 9.17) is 4.74 Å². The van der Waals surface area contributed by atoms with Crippen molar-refractivity contribution in [1.29, 1.82) is 5.26 Å². The van der Waals surface area contributed by atoms with E-state index in [2.05, 4.69) is 15.9 Å². The number of Topliss-reactive ketones (excluding diaryl/α,β-unsaturated/α-hetero) is 1. The SMILES string of the molecule is COc1cc(Br)c(/C=C(\C#N)C(=O)c2cccs2)cc1O. The monoisotopic (exact) mass is 363 g/mol. The molecule has 0 atom stereocenters. The number of nitrogens with zero attached hydrogens (tertiary/aromatic N) is 1. The molecule has 21 heavy (non-hydrogen) atoms. The second kappa shape index (κ2) is 6.57. The van der Waals surface area contributed by atoms with Crippen molar-refractivity contribution < 1.29 is 14.6 Å². The Morgan fingerprint density at radius 2 is 2.29 bits per heavy atom. The Labute approximate surface area is 134 Å². The molecule has 0 aliphatic heterocycles. The lowest BCUT2D eigenvalue weighted by Gasteiger charge is -2.06. The summed E-state index contributed by atoms with van der Waals surface area (Å²) in [5.74, 6) is -0.0929. The van der Waals surface area contributed by atoms with E-state index in [-0.39, 0.29) is 17.1 Å². The van der Waals surface area contributed by atoms with E-state index in [1.807, 2.05) is 6.07 Å². The fraction of sp³-hybridized carbons (Fsp3) is 0.0667. The van der Waals surface area contributed by atoms with Crippen LogP contribution in [0.1, 0.15) is 15.2 Å². The number of hydrogen-bond acceptors (Lipinski definition) is 5. The number of thiophene rings is 1. The van der Waals surface area contributed by atoms with E-state index in [1.165, 1.54) is 30.6 Å². The van der Waals surface area contributed by atoms with Crippen LogP contribution in [0.3, 0.4) is 0 Å². The van der Waals surface area contributed by atoms with Gasteiger partial charge in [0.15, 0.2) is 11.5 Å². The molecule has 0 unspecified atom stereocenters. The predicted molar refractivity (Wildman–Crippen MR) is 84.6 cm³/mol. The van der Waals surface area contributed by atoms with Gasteiger partial charge in [0.1, 0.15) is 11.6 Å². The van der Waals surface area contributed by atoms with Crippen LogP contribution in [0.4, 0.5) is 0 Å². The number of carbonyl (C=O) groups is 1. The van der Waals surface area contributed by atoms with Crippen LogP contribution >= 0.6 is 27.3 Å². The lowest BCUT2D eigenvalue weighted by molar-refractivity contribution is 0.104. The molecule has 2 rings (SSSR count). The Morgan fingerprint density at radius 1 is 1.52 bits per heavy atom. The van der Waals surface area contributed by atoms with Crippen molar-refractivity contribution >= 4 is 39.1 Å². The maximum Gasteiger partial charge on any atom is 0.213 e. The van der Waals surface area contributed by atoms with Crippen LogP contribution in [0.2, 0.25) is 0 Å². The number of aromatic hydroxyl groups is 1. The summed E-state index contributed by atoms with van der Waals surface area (Å²) >= 11 is 4.60. The van der Waals surface area contributed by atoms with Crippen molar-refractivity contribution in [2.24, 2.45) is 0 Å². The van der Waals surface area contributed by atoms with Gasteiger partial charge in [-0.3, -0.25) is 4.79 Å². The normalized spacial score (nSPS) is 11.0. The van der Waals surface area contributed by atoms with Crippen molar-refractivity contribution in [1.82, 2.24) is 0 Å². The van der Waals surface area contributed by atoms with E-state index >= 15 is 0 Å². The van der Waals surface area contributed by atoms with Gasteiger partial charge in [0.25, 0.3) is 0 Å². The first-order chi connectivity index (χ1) is 10.1. The minimum Gasteiger partial charge on any atom is -0.504 e. The number of carbonyl (C=O) groups excluding carboxylic acids is 1. The second-order valence-electron chi connectivity index (χ2n) is 4.02. The van der Waals surface area contributed by atoms with E-state index in [9.17, 15) is 15.2 Å². The smallest absolute Gasteiger partial charge is 0.213 e. The molecule has 1 aromatic carbocycles. The first-order valence-electron chi connectivity index (χ1n) is 5.83. The molecule has 106 valence electrons. The van der Waals surface area contributed by atoms with Crippen LogP contribution in [-0.2, 0) is 0 Å². The van der Waals surface area contributed by atoms with Gasteiger partial charge >= 0.3 is 0 Å². The Morgan fingerprint density at radius 3 is 2.86 bits per heavy atom. The molecule has 1 aromatic heterocycles. The maximum atomic E-state index is 12.2. The van der Waals surface area contributed by atoms with Crippen LogP contribution in [0.15, 0.2) is 39.7 Å². The Kier molecular flexibility index (Phi) is 4.78. The number of hydrogen-bond donors (Lipinski definition) is 1. The molecule has 0 saturated carbocycles. The molecule has 0 aliphatic rings. The van der Waals surface area contributed by atoms with E-state index in [1.54, 1.807) is 23.6 Å². The van der Waals surface area contributed by atoms with Crippen LogP contribution in [0.5, 0.6) is 11.5 Å². The largest absolute Gasteiger partial charge is 0.504 e. The molecule has 0 spiro atoms. The first-order valence-corrected chi connectivity index (χ1v) is 7.50. The number of rotatable bonds is 4. The Hall–Kier alpha value is -2.10. The lowest BCUT2D eigenvalue weighted by Crippen LogP contribution is -1.99. The molecule has 1 N–H and O–H groups in total. The summed E-state index contributed by atoms with van der Waals surface area (Å²) in [6.07, 6.45) is 1.44. The van der Waals surface area contributed by atoms with Crippen LogP contribution < -0.4 is 4.74 Å². The highest BCUT2D eigenvalue weighted by molar-refractivity contribution is 9.10. The van der Waals surface area contributed by atoms with Crippen molar-refractivity contribution in [3.63, 3.8) is 0 Å². The number of phenols is 1. The number of nitriles is 1. The third-order valence-electron chi connectivity index (χ3n) is 2.71. The molecule has 1 heterocycles. The second-order valence-corrected chi connectivity index (χ2v) is 5.82. The van der Waals surface area contributed by atoms with Gasteiger partial charge in [0.05, 0.1) is 12.0 Å². The highest BCUT2D eigenvalue weighted by atomic mass is 79.9. The fourth-order valence-electron chi connectivity index (χ4n) is 1.68. The minimum atomic E-state index is -0.338. The number of phenolic OH excluding ortho intramolecular Hbond substituents is 1. The average molecular weight is 364 g/mol. The van der Waals surface area contributed by atoms with Gasteiger partial charge in [0, 0.05) is 4.47 Å². The van der Waals surface area contributed by atoms with E-state index < -0.39 is 0 Å². The number of halogens is 1. The fourth-order valence-corrected chi connectivity index (χ4v) is 2.79. The van der Waals surface area contributed by atoms with Gasteiger partial charge in [-0.2, -0.15) is 5.26 Å². The van der Waals surface area contributed by atoms with Gasteiger partial charge < -0.3 is 9.84 Å². The predicted octanol–water partition coefficient (Wildman–Crippen LogP) is 4.01. The summed E-state index contributed by atoms with van der Waals surface area (Å²) in [6.45, 7) is 0. The topological polar surface area (TPSA) is 70.3 Å². The third kappa shape index (κ3) is 3.32. The third-order valence-corrected chi connectivity index (χ3v) is 4.26. The Bertz CT molecular complexity index is 745. The standard InChI is InChI=1S/C15H10BrNO3S/c1-20-13-7-11(16)9(6-12(13)18)5-10(8-17)15(19)14-3-2-4-21-14/h2-7,18H,1H3/b10-5+. The summed E-state index contributed by atoms with van der Waals surface area (Å²) in [4.78, 5) is 12.7. The molecule has 0 bridgehead atoms. The van der Waals surface area contributed by atoms with Gasteiger partial charge in [0.2, 0.25) is 5.78 Å². The van der Waals surface area contributed by atoms with Crippen LogP contribution in [0.25, 0.3) is 6.08 Å². The van der Waals surface area contributed by atoms with E-state index in [0.29, 0.717) is 20.7 Å². The highest BCUT2D eigenvalue weighted by Crippen LogP contribution is 2.33. The van der Waals surface area contributed by atoms with Crippen molar-refractivity contribution in [2.75, 3.05) is 7.11 Å². The molecule has 0 amide bonds. The first kappa shape index (κ1) is 15.3. The van der Waals surface area contributed by atoms with E-state index in [0.717, 1.165) is 0 Å². The highest BCUT2D eigenvalue weighted by Gasteiger charge is 2.14.